The van der Waals surface area contributed by atoms with E-state index in [4.69, 9.17) is 10.2 Å². The van der Waals surface area contributed by atoms with E-state index in [1.54, 1.807) is 12.2 Å². The summed E-state index contributed by atoms with van der Waals surface area (Å²) in [4.78, 5) is 0. The zero-order chi connectivity index (χ0) is 7.28. The van der Waals surface area contributed by atoms with Gasteiger partial charge in [-0.3, -0.25) is 0 Å². The molecule has 2 N–H and O–H groups in total. The van der Waals surface area contributed by atoms with Crippen molar-refractivity contribution in [2.75, 3.05) is 0 Å². The van der Waals surface area contributed by atoms with Crippen molar-refractivity contribution >= 4 is 0 Å². The monoisotopic (exact) mass is 130 g/mol. The summed E-state index contributed by atoms with van der Waals surface area (Å²) in [7, 11) is 0. The summed E-state index contributed by atoms with van der Waals surface area (Å²) in [6, 6.07) is 0. The van der Waals surface area contributed by atoms with Gasteiger partial charge in [0.15, 0.2) is 0 Å². The number of hydrogen-bond acceptors (Lipinski definition) is 2. The number of aliphatic hydroxyl groups excluding tert-OH is 2. The summed E-state index contributed by atoms with van der Waals surface area (Å²) in [6.07, 6.45) is 2.59. The fourth-order valence-electron chi connectivity index (χ4n) is 0.567. The Morgan fingerprint density at radius 3 is 2.33 bits per heavy atom. The van der Waals surface area contributed by atoms with Gasteiger partial charge in [-0.2, -0.15) is 0 Å². The number of aliphatic hydroxyl groups is 2. The smallest absolute Gasteiger partial charge is 0.0979 e. The summed E-state index contributed by atoms with van der Waals surface area (Å²) in [5, 5.41) is 17.9. The van der Waals surface area contributed by atoms with Gasteiger partial charge in [0, 0.05) is 0 Å². The molecule has 0 saturated carbocycles. The van der Waals surface area contributed by atoms with E-state index in [9.17, 15) is 0 Å². The molecular weight excluding hydrogens is 116 g/mol. The van der Waals surface area contributed by atoms with Crippen LogP contribution in [-0.2, 0) is 0 Å². The molecule has 0 aliphatic rings. The van der Waals surface area contributed by atoms with Gasteiger partial charge in [0.05, 0.1) is 12.2 Å². The number of hydrogen-bond donors (Lipinski definition) is 2. The molecule has 9 heavy (non-hydrogen) atoms. The van der Waals surface area contributed by atoms with Gasteiger partial charge in [-0.25, -0.2) is 0 Å². The van der Waals surface area contributed by atoms with Crippen molar-refractivity contribution in [3.05, 3.63) is 12.2 Å². The normalized spacial score (nSPS) is 18.2. The third kappa shape index (κ3) is 3.27. The highest BCUT2D eigenvalue weighted by Gasteiger charge is 2.08. The molecule has 0 spiro atoms. The molecule has 0 rings (SSSR count). The molecule has 2 heteroatoms. The van der Waals surface area contributed by atoms with Crippen LogP contribution in [0.4, 0.5) is 0 Å². The Balaban J connectivity index is 3.58. The first-order valence-corrected chi connectivity index (χ1v) is 3.21. The largest absolute Gasteiger partial charge is 0.390 e. The molecule has 2 atom stereocenters. The van der Waals surface area contributed by atoms with Crippen molar-refractivity contribution in [1.82, 2.24) is 0 Å². The van der Waals surface area contributed by atoms with Gasteiger partial charge in [-0.1, -0.05) is 19.1 Å². The van der Waals surface area contributed by atoms with Crippen LogP contribution in [0.1, 0.15) is 20.3 Å². The van der Waals surface area contributed by atoms with Crippen LogP contribution in [0.25, 0.3) is 0 Å². The van der Waals surface area contributed by atoms with Crippen LogP contribution in [0, 0.1) is 0 Å². The lowest BCUT2D eigenvalue weighted by atomic mass is 10.1. The molecule has 0 heterocycles. The third-order valence-corrected chi connectivity index (χ3v) is 1.20. The first-order chi connectivity index (χ1) is 4.22. The second-order valence-electron chi connectivity index (χ2n) is 1.99. The van der Waals surface area contributed by atoms with Crippen molar-refractivity contribution < 1.29 is 10.2 Å². The summed E-state index contributed by atoms with van der Waals surface area (Å²) in [5.74, 6) is 0. The zero-order valence-corrected chi connectivity index (χ0v) is 5.91. The Bertz CT molecular complexity index is 88.9. The molecule has 0 amide bonds. The summed E-state index contributed by atoms with van der Waals surface area (Å²) >= 11 is 0. The van der Waals surface area contributed by atoms with Crippen LogP contribution in [0.5, 0.6) is 0 Å². The molecule has 0 saturated heterocycles. The highest BCUT2D eigenvalue weighted by molar-refractivity contribution is 4.89. The standard InChI is InChI=1S/C7H14O2/c1-3-5-7(9)6(8)4-2/h3,5-9H,4H2,1-2H3/b5-3+. The Morgan fingerprint density at radius 1 is 1.44 bits per heavy atom. The maximum absolute atomic E-state index is 8.98. The fraction of sp³-hybridized carbons (Fsp3) is 0.714. The number of allylic oxidation sites excluding steroid dienone is 1. The molecule has 0 aromatic carbocycles. The van der Waals surface area contributed by atoms with E-state index in [2.05, 4.69) is 0 Å². The Labute approximate surface area is 55.8 Å². The van der Waals surface area contributed by atoms with E-state index in [0.29, 0.717) is 6.42 Å². The van der Waals surface area contributed by atoms with Gasteiger partial charge >= 0.3 is 0 Å². The minimum Gasteiger partial charge on any atom is -0.390 e. The average Bonchev–Trinajstić information content (AvgIpc) is 1.87. The summed E-state index contributed by atoms with van der Waals surface area (Å²) < 4.78 is 0. The second kappa shape index (κ2) is 4.53. The van der Waals surface area contributed by atoms with Crippen molar-refractivity contribution in [1.29, 1.82) is 0 Å². The topological polar surface area (TPSA) is 40.5 Å². The van der Waals surface area contributed by atoms with Gasteiger partial charge in [0.25, 0.3) is 0 Å². The van der Waals surface area contributed by atoms with Crippen molar-refractivity contribution in [3.63, 3.8) is 0 Å². The first-order valence-electron chi connectivity index (χ1n) is 3.21. The fourth-order valence-corrected chi connectivity index (χ4v) is 0.567. The predicted molar refractivity (Wildman–Crippen MR) is 37.1 cm³/mol. The van der Waals surface area contributed by atoms with Gasteiger partial charge in [0.1, 0.15) is 0 Å². The average molecular weight is 130 g/mol. The predicted octanol–water partition coefficient (Wildman–Crippen LogP) is 0.694. The van der Waals surface area contributed by atoms with Gasteiger partial charge in [-0.15, -0.1) is 0 Å². The molecular formula is C7H14O2. The minimum atomic E-state index is -0.694. The quantitative estimate of drug-likeness (QED) is 0.552. The third-order valence-electron chi connectivity index (χ3n) is 1.20. The van der Waals surface area contributed by atoms with Crippen molar-refractivity contribution in [3.8, 4) is 0 Å². The molecule has 0 bridgehead atoms. The molecule has 0 radical (unpaired) electrons. The molecule has 0 aliphatic carbocycles. The minimum absolute atomic E-state index is 0.589. The highest BCUT2D eigenvalue weighted by Crippen LogP contribution is 1.98. The van der Waals surface area contributed by atoms with E-state index in [-0.39, 0.29) is 0 Å². The van der Waals surface area contributed by atoms with E-state index >= 15 is 0 Å². The second-order valence-corrected chi connectivity index (χ2v) is 1.99. The zero-order valence-electron chi connectivity index (χ0n) is 5.91. The van der Waals surface area contributed by atoms with Crippen LogP contribution >= 0.6 is 0 Å². The summed E-state index contributed by atoms with van der Waals surface area (Å²) in [6.45, 7) is 3.64. The molecule has 0 aromatic rings. The Kier molecular flexibility index (Phi) is 4.36. The molecule has 2 unspecified atom stereocenters. The van der Waals surface area contributed by atoms with Crippen molar-refractivity contribution in [2.24, 2.45) is 0 Å². The maximum atomic E-state index is 8.98. The van der Waals surface area contributed by atoms with Crippen LogP contribution in [0.3, 0.4) is 0 Å². The van der Waals surface area contributed by atoms with E-state index in [0.717, 1.165) is 0 Å². The molecule has 54 valence electrons. The lowest BCUT2D eigenvalue weighted by Gasteiger charge is -2.10. The molecule has 2 nitrogen and oxygen atoms in total. The van der Waals surface area contributed by atoms with Crippen LogP contribution in [0.2, 0.25) is 0 Å². The van der Waals surface area contributed by atoms with Gasteiger partial charge in [-0.05, 0) is 13.3 Å². The van der Waals surface area contributed by atoms with Gasteiger partial charge < -0.3 is 10.2 Å². The highest BCUT2D eigenvalue weighted by atomic mass is 16.3. The Morgan fingerprint density at radius 2 is 2.00 bits per heavy atom. The van der Waals surface area contributed by atoms with Crippen LogP contribution < -0.4 is 0 Å². The Hall–Kier alpha value is -0.340. The van der Waals surface area contributed by atoms with Crippen molar-refractivity contribution in [2.45, 2.75) is 32.5 Å². The SMILES string of the molecule is C/C=C/C(O)C(O)CC. The molecule has 0 fully saturated rings. The van der Waals surface area contributed by atoms with Gasteiger partial charge in [0.2, 0.25) is 0 Å². The first kappa shape index (κ1) is 8.66. The van der Waals surface area contributed by atoms with E-state index < -0.39 is 12.2 Å². The maximum Gasteiger partial charge on any atom is 0.0979 e. The number of rotatable bonds is 3. The van der Waals surface area contributed by atoms with E-state index in [1.165, 1.54) is 0 Å². The molecule has 0 aromatic heterocycles. The van der Waals surface area contributed by atoms with E-state index in [1.807, 2.05) is 13.8 Å². The summed E-state index contributed by atoms with van der Waals surface area (Å²) in [5.41, 5.74) is 0. The lowest BCUT2D eigenvalue weighted by molar-refractivity contribution is 0.0465. The molecule has 0 aliphatic heterocycles. The van der Waals surface area contributed by atoms with Crippen LogP contribution in [0.15, 0.2) is 12.2 Å². The lowest BCUT2D eigenvalue weighted by Crippen LogP contribution is -2.22. The van der Waals surface area contributed by atoms with Crippen LogP contribution in [-0.4, -0.2) is 22.4 Å².